The molecule has 10 heteroatoms. The molecule has 2 N–H and O–H groups in total. The molecule has 1 aromatic heterocycles. The van der Waals surface area contributed by atoms with Gasteiger partial charge in [-0.3, -0.25) is 4.98 Å². The predicted octanol–water partition coefficient (Wildman–Crippen LogP) is 7.56. The molecule has 0 radical (unpaired) electrons. The summed E-state index contributed by atoms with van der Waals surface area (Å²) in [7, 11) is 0. The van der Waals surface area contributed by atoms with Crippen molar-refractivity contribution in [3.63, 3.8) is 0 Å². The molecule has 0 aliphatic carbocycles. The van der Waals surface area contributed by atoms with E-state index in [-0.39, 0.29) is 38.2 Å². The maximum absolute atomic E-state index is 8.47. The number of halogens is 6. The van der Waals surface area contributed by atoms with Crippen LogP contribution >= 0.6 is 69.6 Å². The van der Waals surface area contributed by atoms with Gasteiger partial charge in [0.1, 0.15) is 0 Å². The monoisotopic (exact) mass is 526 g/mol. The van der Waals surface area contributed by atoms with Gasteiger partial charge in [0.25, 0.3) is 0 Å². The summed E-state index contributed by atoms with van der Waals surface area (Å²) < 4.78 is 5.57. The van der Waals surface area contributed by atoms with Gasteiger partial charge < -0.3 is 15.2 Å². The Labute approximate surface area is 204 Å². The van der Waals surface area contributed by atoms with Crippen LogP contribution in [0, 0.1) is 0 Å². The van der Waals surface area contributed by atoms with E-state index in [0.29, 0.717) is 16.6 Å². The average molecular weight is 529 g/mol. The normalized spacial score (nSPS) is 10.4. The highest BCUT2D eigenvalue weighted by Gasteiger charge is 2.15. The van der Waals surface area contributed by atoms with E-state index in [2.05, 4.69) is 10.3 Å². The Balaban J connectivity index is 0.000000248. The highest BCUT2D eigenvalue weighted by Crippen LogP contribution is 2.44. The molecule has 0 bridgehead atoms. The molecule has 2 aromatic carbocycles. The molecule has 0 spiro atoms. The van der Waals surface area contributed by atoms with Crippen molar-refractivity contribution in [2.24, 2.45) is 0 Å². The van der Waals surface area contributed by atoms with Crippen molar-refractivity contribution in [2.75, 3.05) is 13.2 Å². The molecule has 0 amide bonds. The van der Waals surface area contributed by atoms with Gasteiger partial charge in [-0.25, -0.2) is 0 Å². The van der Waals surface area contributed by atoms with Gasteiger partial charge in [-0.1, -0.05) is 69.6 Å². The molecule has 0 fully saturated rings. The molecule has 0 saturated carbocycles. The maximum Gasteiger partial charge on any atom is 0.164 e. The third-order valence-electron chi connectivity index (χ3n) is 3.50. The number of nitrogens with zero attached hydrogens (tertiary/aromatic N) is 1. The molecule has 160 valence electrons. The Hall–Kier alpha value is -0.950. The fourth-order valence-corrected chi connectivity index (χ4v) is 3.96. The molecule has 0 atom stereocenters. The second-order valence-corrected chi connectivity index (χ2v) is 8.26. The second kappa shape index (κ2) is 12.8. The predicted molar refractivity (Wildman–Crippen MR) is 126 cm³/mol. The van der Waals surface area contributed by atoms with E-state index in [9.17, 15) is 0 Å². The van der Waals surface area contributed by atoms with Crippen LogP contribution in [0.15, 0.2) is 48.8 Å². The van der Waals surface area contributed by atoms with E-state index >= 15 is 0 Å². The zero-order valence-electron chi connectivity index (χ0n) is 15.3. The topological polar surface area (TPSA) is 54.4 Å². The SMILES string of the molecule is Clc1cc(Cl)c(Oc2c(Cl)cc(Cl)cc2Cl)c(Cl)c1.OCCNCc1ccncc1. The molecule has 4 nitrogen and oxygen atoms in total. The van der Waals surface area contributed by atoms with E-state index < -0.39 is 0 Å². The lowest BCUT2D eigenvalue weighted by Crippen LogP contribution is -2.17. The molecule has 0 aliphatic rings. The summed E-state index contributed by atoms with van der Waals surface area (Å²) in [5.41, 5.74) is 1.19. The number of aliphatic hydroxyl groups is 1. The third kappa shape index (κ3) is 7.95. The van der Waals surface area contributed by atoms with Crippen molar-refractivity contribution in [2.45, 2.75) is 6.54 Å². The zero-order chi connectivity index (χ0) is 22.1. The Morgan fingerprint density at radius 3 is 1.60 bits per heavy atom. The number of pyridine rings is 1. The first-order valence-corrected chi connectivity index (χ1v) is 10.8. The number of hydrogen-bond acceptors (Lipinski definition) is 4. The lowest BCUT2D eigenvalue weighted by Gasteiger charge is -2.12. The van der Waals surface area contributed by atoms with Gasteiger partial charge in [-0.2, -0.15) is 0 Å². The van der Waals surface area contributed by atoms with E-state index in [1.807, 2.05) is 12.1 Å². The highest BCUT2D eigenvalue weighted by molar-refractivity contribution is 6.41. The number of benzene rings is 2. The lowest BCUT2D eigenvalue weighted by atomic mass is 10.3. The smallest absolute Gasteiger partial charge is 0.164 e. The Morgan fingerprint density at radius 2 is 1.20 bits per heavy atom. The van der Waals surface area contributed by atoms with Crippen molar-refractivity contribution < 1.29 is 9.84 Å². The van der Waals surface area contributed by atoms with Crippen LogP contribution in [0.25, 0.3) is 0 Å². The van der Waals surface area contributed by atoms with Crippen LogP contribution in [0.4, 0.5) is 0 Å². The van der Waals surface area contributed by atoms with Gasteiger partial charge in [-0.15, -0.1) is 0 Å². The van der Waals surface area contributed by atoms with Gasteiger partial charge in [0.05, 0.1) is 26.7 Å². The van der Waals surface area contributed by atoms with E-state index in [4.69, 9.17) is 79.4 Å². The first kappa shape index (κ1) is 25.3. The van der Waals surface area contributed by atoms with Crippen molar-refractivity contribution in [3.05, 3.63) is 84.5 Å². The van der Waals surface area contributed by atoms with Crippen LogP contribution in [0.2, 0.25) is 30.1 Å². The molecule has 3 rings (SSSR count). The molecule has 3 aromatic rings. The van der Waals surface area contributed by atoms with Crippen LogP contribution in [-0.4, -0.2) is 23.2 Å². The van der Waals surface area contributed by atoms with Gasteiger partial charge in [0, 0.05) is 35.5 Å². The minimum absolute atomic E-state index is 0.186. The molecule has 0 unspecified atom stereocenters. The summed E-state index contributed by atoms with van der Waals surface area (Å²) >= 11 is 35.7. The van der Waals surface area contributed by atoms with Crippen molar-refractivity contribution in [1.29, 1.82) is 0 Å². The molecule has 0 aliphatic heterocycles. The minimum atomic E-state index is 0.186. The quantitative estimate of drug-likeness (QED) is 0.324. The van der Waals surface area contributed by atoms with Crippen molar-refractivity contribution in [3.8, 4) is 11.5 Å². The molecular formula is C20H16Cl6N2O2. The number of ether oxygens (including phenoxy) is 1. The summed E-state index contributed by atoms with van der Waals surface area (Å²) in [5.74, 6) is 0.442. The van der Waals surface area contributed by atoms with Crippen LogP contribution in [0.1, 0.15) is 5.56 Å². The molecule has 1 heterocycles. The highest BCUT2D eigenvalue weighted by atomic mass is 35.5. The molecule has 30 heavy (non-hydrogen) atoms. The lowest BCUT2D eigenvalue weighted by molar-refractivity contribution is 0.292. The maximum atomic E-state index is 8.47. The standard InChI is InChI=1S/C12H4Cl6O.C8H12N2O/c13-5-1-7(15)11(8(16)2-5)19-12-9(17)3-6(14)4-10(12)18;11-6-5-10-7-8-1-3-9-4-2-8/h1-4H;1-4,10-11H,5-7H2. The summed E-state index contributed by atoms with van der Waals surface area (Å²) in [6, 6.07) is 9.91. The van der Waals surface area contributed by atoms with Gasteiger partial charge in [0.2, 0.25) is 0 Å². The summed E-state index contributed by atoms with van der Waals surface area (Å²) in [5, 5.41) is 13.3. The Kier molecular flexibility index (Phi) is 10.8. The molecular weight excluding hydrogens is 513 g/mol. The summed E-state index contributed by atoms with van der Waals surface area (Å²) in [6.45, 7) is 1.62. The van der Waals surface area contributed by atoms with Crippen LogP contribution in [0.3, 0.4) is 0 Å². The molecule has 0 saturated heterocycles. The van der Waals surface area contributed by atoms with Crippen molar-refractivity contribution >= 4 is 69.6 Å². The number of hydrogen-bond donors (Lipinski definition) is 2. The second-order valence-electron chi connectivity index (χ2n) is 5.76. The van der Waals surface area contributed by atoms with Gasteiger partial charge in [-0.05, 0) is 42.0 Å². The van der Waals surface area contributed by atoms with Gasteiger partial charge >= 0.3 is 0 Å². The number of rotatable bonds is 6. The van der Waals surface area contributed by atoms with Crippen LogP contribution < -0.4 is 10.1 Å². The third-order valence-corrected chi connectivity index (χ3v) is 5.06. The Bertz CT molecular complexity index is 871. The first-order chi connectivity index (χ1) is 14.3. The summed E-state index contributed by atoms with van der Waals surface area (Å²) in [4.78, 5) is 3.90. The van der Waals surface area contributed by atoms with E-state index in [1.165, 1.54) is 29.8 Å². The van der Waals surface area contributed by atoms with Crippen molar-refractivity contribution in [1.82, 2.24) is 10.3 Å². The van der Waals surface area contributed by atoms with E-state index in [1.54, 1.807) is 12.4 Å². The fourth-order valence-electron chi connectivity index (χ4n) is 2.17. The number of aromatic nitrogens is 1. The average Bonchev–Trinajstić information content (AvgIpc) is 2.68. The minimum Gasteiger partial charge on any atom is -0.451 e. The number of nitrogens with one attached hydrogen (secondary N) is 1. The van der Waals surface area contributed by atoms with Crippen LogP contribution in [0.5, 0.6) is 11.5 Å². The first-order valence-electron chi connectivity index (χ1n) is 8.49. The van der Waals surface area contributed by atoms with Gasteiger partial charge in [0.15, 0.2) is 11.5 Å². The summed E-state index contributed by atoms with van der Waals surface area (Å²) in [6.07, 6.45) is 3.52. The Morgan fingerprint density at radius 1 is 0.767 bits per heavy atom. The number of aliphatic hydroxyl groups excluding tert-OH is 1. The fraction of sp³-hybridized carbons (Fsp3) is 0.150. The van der Waals surface area contributed by atoms with Crippen LogP contribution in [-0.2, 0) is 6.54 Å². The zero-order valence-corrected chi connectivity index (χ0v) is 19.8. The largest absolute Gasteiger partial charge is 0.451 e. The van der Waals surface area contributed by atoms with E-state index in [0.717, 1.165) is 6.54 Å².